The van der Waals surface area contributed by atoms with Crippen LogP contribution >= 0.6 is 11.6 Å². The summed E-state index contributed by atoms with van der Waals surface area (Å²) in [5, 5.41) is 3.63. The molecular weight excluding hydrogens is 346 g/mol. The summed E-state index contributed by atoms with van der Waals surface area (Å²) in [6.07, 6.45) is 1.39. The van der Waals surface area contributed by atoms with Crippen LogP contribution in [0, 0.1) is 6.92 Å². The smallest absolute Gasteiger partial charge is 0.225 e. The second-order valence-electron chi connectivity index (χ2n) is 7.16. The molecule has 0 fully saturated rings. The first-order valence-corrected chi connectivity index (χ1v) is 9.28. The number of allylic oxidation sites excluding steroid dienone is 2. The fourth-order valence-corrected chi connectivity index (χ4v) is 4.45. The molecular formula is C22H20ClNO2. The van der Waals surface area contributed by atoms with Crippen molar-refractivity contribution in [2.45, 2.75) is 38.0 Å². The summed E-state index contributed by atoms with van der Waals surface area (Å²) in [7, 11) is 0. The summed E-state index contributed by atoms with van der Waals surface area (Å²) in [5.41, 5.74) is 4.69. The third-order valence-corrected chi connectivity index (χ3v) is 5.67. The van der Waals surface area contributed by atoms with Gasteiger partial charge in [-0.25, -0.2) is 0 Å². The van der Waals surface area contributed by atoms with Gasteiger partial charge in [-0.15, -0.1) is 0 Å². The first-order chi connectivity index (χ1) is 12.5. The number of hydrogen-bond donors (Lipinski definition) is 1. The number of ketones is 1. The quantitative estimate of drug-likeness (QED) is 0.841. The van der Waals surface area contributed by atoms with Crippen LogP contribution in [0.1, 0.15) is 47.8 Å². The van der Waals surface area contributed by atoms with Crippen LogP contribution in [-0.4, -0.2) is 11.7 Å². The summed E-state index contributed by atoms with van der Waals surface area (Å²) in [4.78, 5) is 25.4. The van der Waals surface area contributed by atoms with Gasteiger partial charge < -0.3 is 5.32 Å². The zero-order chi connectivity index (χ0) is 18.3. The number of amides is 1. The number of hydrogen-bond acceptors (Lipinski definition) is 2. The second kappa shape index (κ2) is 6.73. The molecule has 2 aromatic carbocycles. The van der Waals surface area contributed by atoms with E-state index in [4.69, 9.17) is 11.6 Å². The Labute approximate surface area is 158 Å². The Balaban J connectivity index is 1.74. The number of rotatable bonds is 2. The van der Waals surface area contributed by atoms with Gasteiger partial charge in [0.25, 0.3) is 0 Å². The third-order valence-electron chi connectivity index (χ3n) is 5.33. The van der Waals surface area contributed by atoms with Crippen molar-refractivity contribution in [2.24, 2.45) is 0 Å². The molecule has 0 saturated heterocycles. The first-order valence-electron chi connectivity index (χ1n) is 8.90. The van der Waals surface area contributed by atoms with E-state index in [2.05, 4.69) is 11.4 Å². The maximum Gasteiger partial charge on any atom is 0.225 e. The molecule has 1 N–H and O–H groups in total. The molecule has 1 aliphatic carbocycles. The molecule has 1 amide bonds. The summed E-state index contributed by atoms with van der Waals surface area (Å²) >= 11 is 6.34. The van der Waals surface area contributed by atoms with Gasteiger partial charge >= 0.3 is 0 Å². The van der Waals surface area contributed by atoms with Crippen molar-refractivity contribution in [3.05, 3.63) is 81.5 Å². The Bertz CT molecular complexity index is 931. The molecule has 4 rings (SSSR count). The standard InChI is InChI=1S/C22H20ClNO2/c1-13-5-4-6-14(9-13)17-12-21(26)24-19-10-15(11-20(25)22(17)19)16-7-2-3-8-18(16)23/h2-9,15,17H,10-12H2,1H3,(H,24,26)/t15-,17+/m1/s1. The lowest BCUT2D eigenvalue weighted by molar-refractivity contribution is -0.122. The molecule has 132 valence electrons. The number of benzene rings is 2. The number of nitrogens with one attached hydrogen (secondary N) is 1. The van der Waals surface area contributed by atoms with Gasteiger partial charge in [0, 0.05) is 35.1 Å². The highest BCUT2D eigenvalue weighted by Gasteiger charge is 2.38. The van der Waals surface area contributed by atoms with Crippen molar-refractivity contribution in [1.29, 1.82) is 0 Å². The molecule has 26 heavy (non-hydrogen) atoms. The minimum absolute atomic E-state index is 0.00603. The van der Waals surface area contributed by atoms with Crippen LogP contribution in [0.2, 0.25) is 5.02 Å². The van der Waals surface area contributed by atoms with Crippen LogP contribution in [0.15, 0.2) is 59.8 Å². The number of Topliss-reactive ketones (excluding diaryl/α,β-unsaturated/α-hetero) is 1. The predicted molar refractivity (Wildman–Crippen MR) is 102 cm³/mol. The van der Waals surface area contributed by atoms with E-state index in [9.17, 15) is 9.59 Å². The molecule has 0 spiro atoms. The maximum absolute atomic E-state index is 13.0. The van der Waals surface area contributed by atoms with Gasteiger partial charge in [-0.1, -0.05) is 59.6 Å². The van der Waals surface area contributed by atoms with Crippen LogP contribution in [-0.2, 0) is 9.59 Å². The minimum atomic E-state index is -0.154. The highest BCUT2D eigenvalue weighted by molar-refractivity contribution is 6.31. The molecule has 0 radical (unpaired) electrons. The van der Waals surface area contributed by atoms with Crippen molar-refractivity contribution in [3.63, 3.8) is 0 Å². The molecule has 4 heteroatoms. The summed E-state index contributed by atoms with van der Waals surface area (Å²) in [6.45, 7) is 2.03. The SMILES string of the molecule is Cc1cccc([C@@H]2CC(=O)NC3=C2C(=O)C[C@H](c2ccccc2Cl)C3)c1. The van der Waals surface area contributed by atoms with Crippen LogP contribution < -0.4 is 5.32 Å². The molecule has 2 atom stereocenters. The molecule has 1 heterocycles. The van der Waals surface area contributed by atoms with Crippen LogP contribution in [0.3, 0.4) is 0 Å². The average Bonchev–Trinajstić information content (AvgIpc) is 2.61. The Morgan fingerprint density at radius 1 is 1.00 bits per heavy atom. The van der Waals surface area contributed by atoms with Crippen molar-refractivity contribution in [2.75, 3.05) is 0 Å². The lowest BCUT2D eigenvalue weighted by atomic mass is 9.73. The van der Waals surface area contributed by atoms with Crippen LogP contribution in [0.5, 0.6) is 0 Å². The second-order valence-corrected chi connectivity index (χ2v) is 7.57. The van der Waals surface area contributed by atoms with Crippen LogP contribution in [0.4, 0.5) is 0 Å². The van der Waals surface area contributed by atoms with Crippen molar-refractivity contribution >= 4 is 23.3 Å². The van der Waals surface area contributed by atoms with Crippen LogP contribution in [0.25, 0.3) is 0 Å². The van der Waals surface area contributed by atoms with E-state index >= 15 is 0 Å². The van der Waals surface area contributed by atoms with E-state index < -0.39 is 0 Å². The molecule has 0 aromatic heterocycles. The van der Waals surface area contributed by atoms with Gasteiger partial charge in [0.1, 0.15) is 0 Å². The molecule has 2 aromatic rings. The Hall–Kier alpha value is -2.39. The Kier molecular flexibility index (Phi) is 4.41. The third kappa shape index (κ3) is 3.08. The average molecular weight is 366 g/mol. The van der Waals surface area contributed by atoms with E-state index in [0.717, 1.165) is 28.0 Å². The van der Waals surface area contributed by atoms with Crippen molar-refractivity contribution < 1.29 is 9.59 Å². The lowest BCUT2D eigenvalue weighted by Gasteiger charge is -2.34. The largest absolute Gasteiger partial charge is 0.329 e. The number of halogens is 1. The normalized spacial score (nSPS) is 22.8. The van der Waals surface area contributed by atoms with E-state index in [-0.39, 0.29) is 23.5 Å². The van der Waals surface area contributed by atoms with Crippen molar-refractivity contribution in [1.82, 2.24) is 5.32 Å². The number of carbonyl (C=O) groups is 2. The summed E-state index contributed by atoms with van der Waals surface area (Å²) in [5.74, 6) is -0.0598. The van der Waals surface area contributed by atoms with Gasteiger partial charge in [-0.2, -0.15) is 0 Å². The Morgan fingerprint density at radius 2 is 1.81 bits per heavy atom. The number of carbonyl (C=O) groups excluding carboxylic acids is 2. The molecule has 3 nitrogen and oxygen atoms in total. The van der Waals surface area contributed by atoms with E-state index in [1.165, 1.54) is 0 Å². The zero-order valence-corrected chi connectivity index (χ0v) is 15.3. The highest BCUT2D eigenvalue weighted by Crippen LogP contribution is 2.43. The van der Waals surface area contributed by atoms with Crippen molar-refractivity contribution in [3.8, 4) is 0 Å². The molecule has 2 aliphatic rings. The van der Waals surface area contributed by atoms with E-state index in [1.54, 1.807) is 0 Å². The van der Waals surface area contributed by atoms with Gasteiger partial charge in [0.15, 0.2) is 5.78 Å². The predicted octanol–water partition coefficient (Wildman–Crippen LogP) is 4.65. The maximum atomic E-state index is 13.0. The fraction of sp³-hybridized carbons (Fsp3) is 0.273. The van der Waals surface area contributed by atoms with E-state index in [0.29, 0.717) is 24.3 Å². The van der Waals surface area contributed by atoms with E-state index in [1.807, 2.05) is 49.4 Å². The lowest BCUT2D eigenvalue weighted by Crippen LogP contribution is -2.38. The highest BCUT2D eigenvalue weighted by atomic mass is 35.5. The monoisotopic (exact) mass is 365 g/mol. The molecule has 0 unspecified atom stereocenters. The molecule has 0 bridgehead atoms. The number of aryl methyl sites for hydroxylation is 1. The minimum Gasteiger partial charge on any atom is -0.329 e. The van der Waals surface area contributed by atoms with Gasteiger partial charge in [-0.05, 0) is 36.5 Å². The topological polar surface area (TPSA) is 46.2 Å². The summed E-state index contributed by atoms with van der Waals surface area (Å²) < 4.78 is 0. The Morgan fingerprint density at radius 3 is 2.58 bits per heavy atom. The first kappa shape index (κ1) is 17.0. The molecule has 0 saturated carbocycles. The molecule has 1 aliphatic heterocycles. The van der Waals surface area contributed by atoms with Gasteiger partial charge in [0.05, 0.1) is 0 Å². The zero-order valence-electron chi connectivity index (χ0n) is 14.6. The summed E-state index contributed by atoms with van der Waals surface area (Å²) in [6, 6.07) is 15.7. The van der Waals surface area contributed by atoms with Gasteiger partial charge in [-0.3, -0.25) is 9.59 Å². The van der Waals surface area contributed by atoms with Gasteiger partial charge in [0.2, 0.25) is 5.91 Å². The fourth-order valence-electron chi connectivity index (χ4n) is 4.16.